The second-order valence-corrected chi connectivity index (χ2v) is 5.99. The highest BCUT2D eigenvalue weighted by molar-refractivity contribution is 6.05. The Morgan fingerprint density at radius 3 is 2.80 bits per heavy atom. The monoisotopic (exact) mass is 334 g/mol. The fraction of sp³-hybridized carbons (Fsp3) is 0.200. The van der Waals surface area contributed by atoms with E-state index in [2.05, 4.69) is 11.2 Å². The minimum atomic E-state index is -0.186. The molecule has 5 nitrogen and oxygen atoms in total. The van der Waals surface area contributed by atoms with Gasteiger partial charge in [-0.25, -0.2) is 0 Å². The number of hydrogen-bond acceptors (Lipinski definition) is 4. The van der Waals surface area contributed by atoms with E-state index in [1.165, 1.54) is 5.56 Å². The fourth-order valence-corrected chi connectivity index (χ4v) is 3.04. The van der Waals surface area contributed by atoms with Crippen LogP contribution in [0.5, 0.6) is 5.88 Å². The molecule has 0 bridgehead atoms. The summed E-state index contributed by atoms with van der Waals surface area (Å²) >= 11 is 0. The minimum absolute atomic E-state index is 0.186. The molecular weight excluding hydrogens is 316 g/mol. The van der Waals surface area contributed by atoms with Crippen molar-refractivity contribution in [3.63, 3.8) is 0 Å². The van der Waals surface area contributed by atoms with Gasteiger partial charge in [-0.2, -0.15) is 0 Å². The van der Waals surface area contributed by atoms with E-state index in [0.717, 1.165) is 24.1 Å². The van der Waals surface area contributed by atoms with Crippen LogP contribution in [-0.2, 0) is 13.0 Å². The molecule has 4 rings (SSSR count). The van der Waals surface area contributed by atoms with Gasteiger partial charge >= 0.3 is 0 Å². The van der Waals surface area contributed by atoms with Crippen molar-refractivity contribution in [3.8, 4) is 5.88 Å². The van der Waals surface area contributed by atoms with Gasteiger partial charge in [-0.05, 0) is 35.2 Å². The predicted molar refractivity (Wildman–Crippen MR) is 93.7 cm³/mol. The number of benzene rings is 2. The molecule has 2 heterocycles. The second kappa shape index (κ2) is 6.81. The van der Waals surface area contributed by atoms with Crippen LogP contribution in [0.25, 0.3) is 0 Å². The minimum Gasteiger partial charge on any atom is -0.471 e. The van der Waals surface area contributed by atoms with Crippen LogP contribution in [0.2, 0.25) is 0 Å². The lowest BCUT2D eigenvalue weighted by molar-refractivity contribution is 0.0949. The summed E-state index contributed by atoms with van der Waals surface area (Å²) in [7, 11) is 0. The largest absolute Gasteiger partial charge is 0.471 e. The summed E-state index contributed by atoms with van der Waals surface area (Å²) in [4.78, 5) is 14.5. The molecule has 1 aromatic heterocycles. The number of nitrogens with zero attached hydrogens (tertiary/aromatic N) is 2. The Balaban J connectivity index is 1.48. The lowest BCUT2D eigenvalue weighted by Gasteiger charge is -2.28. The molecule has 0 aliphatic carbocycles. The molecule has 0 saturated heterocycles. The molecule has 2 aromatic carbocycles. The van der Waals surface area contributed by atoms with Crippen molar-refractivity contribution in [3.05, 3.63) is 77.6 Å². The van der Waals surface area contributed by atoms with Gasteiger partial charge in [0, 0.05) is 12.2 Å². The number of carbonyl (C=O) groups excluding carboxylic acids is 1. The van der Waals surface area contributed by atoms with Crippen LogP contribution in [-0.4, -0.2) is 17.6 Å². The molecule has 0 spiro atoms. The third-order valence-electron chi connectivity index (χ3n) is 4.28. The molecule has 0 atom stereocenters. The van der Waals surface area contributed by atoms with Crippen LogP contribution in [0.15, 0.2) is 65.2 Å². The summed E-state index contributed by atoms with van der Waals surface area (Å²) in [5.41, 5.74) is 3.16. The molecule has 1 aliphatic heterocycles. The molecule has 25 heavy (non-hydrogen) atoms. The van der Waals surface area contributed by atoms with E-state index in [0.29, 0.717) is 19.0 Å². The van der Waals surface area contributed by atoms with Gasteiger partial charge in [0.2, 0.25) is 5.76 Å². The van der Waals surface area contributed by atoms with Crippen LogP contribution in [0.3, 0.4) is 0 Å². The number of aromatic nitrogens is 1. The van der Waals surface area contributed by atoms with Crippen molar-refractivity contribution in [1.29, 1.82) is 0 Å². The number of carbonyl (C=O) groups is 1. The van der Waals surface area contributed by atoms with Gasteiger partial charge in [0.25, 0.3) is 11.8 Å². The summed E-state index contributed by atoms with van der Waals surface area (Å²) in [5.74, 6) is 0.325. The molecule has 0 saturated carbocycles. The molecule has 0 fully saturated rings. The second-order valence-electron chi connectivity index (χ2n) is 5.99. The Labute approximate surface area is 145 Å². The maximum Gasteiger partial charge on any atom is 0.297 e. The highest BCUT2D eigenvalue weighted by Crippen LogP contribution is 2.28. The number of para-hydroxylation sites is 1. The van der Waals surface area contributed by atoms with Crippen molar-refractivity contribution < 1.29 is 14.1 Å². The summed E-state index contributed by atoms with van der Waals surface area (Å²) in [6, 6.07) is 19.3. The normalized spacial score (nSPS) is 13.4. The Hall–Kier alpha value is -3.08. The smallest absolute Gasteiger partial charge is 0.297 e. The van der Waals surface area contributed by atoms with Gasteiger partial charge in [0.15, 0.2) is 0 Å². The van der Waals surface area contributed by atoms with Crippen LogP contribution in [0, 0.1) is 0 Å². The highest BCUT2D eigenvalue weighted by atomic mass is 16.5. The summed E-state index contributed by atoms with van der Waals surface area (Å²) in [5, 5.41) is 3.86. The van der Waals surface area contributed by atoms with Crippen molar-refractivity contribution in [2.24, 2.45) is 0 Å². The lowest BCUT2D eigenvalue weighted by Crippen LogP contribution is -2.35. The lowest BCUT2D eigenvalue weighted by atomic mass is 10.0. The Morgan fingerprint density at radius 1 is 1.12 bits per heavy atom. The molecule has 0 N–H and O–H groups in total. The molecule has 0 unspecified atom stereocenters. The van der Waals surface area contributed by atoms with Crippen molar-refractivity contribution in [2.75, 3.05) is 11.4 Å². The summed E-state index contributed by atoms with van der Waals surface area (Å²) < 4.78 is 10.8. The van der Waals surface area contributed by atoms with E-state index >= 15 is 0 Å². The summed E-state index contributed by atoms with van der Waals surface area (Å²) in [6.07, 6.45) is 1.93. The Bertz CT molecular complexity index is 873. The first-order valence-corrected chi connectivity index (χ1v) is 8.34. The van der Waals surface area contributed by atoms with Gasteiger partial charge in [0.1, 0.15) is 6.61 Å². The van der Waals surface area contributed by atoms with E-state index in [4.69, 9.17) is 9.26 Å². The standard InChI is InChI=1S/C20H18N2O3/c23-20(22-12-6-10-16-9-4-5-11-17(16)22)18-13-19(21-25-18)24-14-15-7-2-1-3-8-15/h1-5,7-9,11,13H,6,10,12,14H2. The number of amides is 1. The number of hydrogen-bond donors (Lipinski definition) is 0. The number of anilines is 1. The van der Waals surface area contributed by atoms with Crippen LogP contribution >= 0.6 is 0 Å². The average molecular weight is 334 g/mol. The zero-order valence-corrected chi connectivity index (χ0v) is 13.7. The molecule has 5 heteroatoms. The predicted octanol–water partition coefficient (Wildman–Crippen LogP) is 3.85. The van der Waals surface area contributed by atoms with E-state index in [-0.39, 0.29) is 11.7 Å². The number of aryl methyl sites for hydroxylation is 1. The first-order valence-electron chi connectivity index (χ1n) is 8.34. The van der Waals surface area contributed by atoms with Gasteiger partial charge in [-0.1, -0.05) is 48.5 Å². The van der Waals surface area contributed by atoms with Crippen molar-refractivity contribution in [2.45, 2.75) is 19.4 Å². The van der Waals surface area contributed by atoms with Gasteiger partial charge < -0.3 is 14.2 Å². The Kier molecular flexibility index (Phi) is 4.21. The number of fused-ring (bicyclic) bond motifs is 1. The molecule has 126 valence electrons. The van der Waals surface area contributed by atoms with E-state index in [1.807, 2.05) is 48.5 Å². The topological polar surface area (TPSA) is 55.6 Å². The van der Waals surface area contributed by atoms with Crippen molar-refractivity contribution in [1.82, 2.24) is 5.16 Å². The first-order chi connectivity index (χ1) is 12.3. The third kappa shape index (κ3) is 3.26. The molecule has 1 aliphatic rings. The molecule has 3 aromatic rings. The van der Waals surface area contributed by atoms with Gasteiger partial charge in [-0.15, -0.1) is 0 Å². The van der Waals surface area contributed by atoms with Crippen LogP contribution in [0.1, 0.15) is 28.1 Å². The maximum absolute atomic E-state index is 12.8. The summed E-state index contributed by atoms with van der Waals surface area (Å²) in [6.45, 7) is 1.06. The zero-order chi connectivity index (χ0) is 17.1. The molecular formula is C20H18N2O3. The molecule has 1 amide bonds. The quantitative estimate of drug-likeness (QED) is 0.727. The van der Waals surface area contributed by atoms with Gasteiger partial charge in [0.05, 0.1) is 6.07 Å². The van der Waals surface area contributed by atoms with Gasteiger partial charge in [-0.3, -0.25) is 4.79 Å². The average Bonchev–Trinajstić information content (AvgIpc) is 3.15. The Morgan fingerprint density at radius 2 is 1.92 bits per heavy atom. The van der Waals surface area contributed by atoms with E-state index in [9.17, 15) is 4.79 Å². The number of rotatable bonds is 4. The highest BCUT2D eigenvalue weighted by Gasteiger charge is 2.26. The van der Waals surface area contributed by atoms with E-state index in [1.54, 1.807) is 11.0 Å². The SMILES string of the molecule is O=C(c1cc(OCc2ccccc2)no1)N1CCCc2ccccc21. The van der Waals surface area contributed by atoms with Crippen molar-refractivity contribution >= 4 is 11.6 Å². The third-order valence-corrected chi connectivity index (χ3v) is 4.28. The zero-order valence-electron chi connectivity index (χ0n) is 13.7. The molecule has 0 radical (unpaired) electrons. The van der Waals surface area contributed by atoms with Crippen LogP contribution < -0.4 is 9.64 Å². The fourth-order valence-electron chi connectivity index (χ4n) is 3.04. The first kappa shape index (κ1) is 15.4. The van der Waals surface area contributed by atoms with Crippen LogP contribution in [0.4, 0.5) is 5.69 Å². The number of ether oxygens (including phenoxy) is 1. The maximum atomic E-state index is 12.8. The van der Waals surface area contributed by atoms with E-state index < -0.39 is 0 Å².